The largest absolute Gasteiger partial charge is 0.486 e. The van der Waals surface area contributed by atoms with Crippen molar-refractivity contribution in [3.05, 3.63) is 72.1 Å². The molecule has 1 aliphatic heterocycles. The van der Waals surface area contributed by atoms with E-state index >= 15 is 0 Å². The molecule has 37 heavy (non-hydrogen) atoms. The molecule has 8 nitrogen and oxygen atoms in total. The van der Waals surface area contributed by atoms with Crippen LogP contribution in [0.3, 0.4) is 0 Å². The number of fused-ring (bicyclic) bond motifs is 2. The number of hydrogen-bond acceptors (Lipinski definition) is 6. The van der Waals surface area contributed by atoms with E-state index in [1.54, 1.807) is 0 Å². The first kappa shape index (κ1) is 25.3. The van der Waals surface area contributed by atoms with Gasteiger partial charge in [-0.3, -0.25) is 0 Å². The van der Waals surface area contributed by atoms with E-state index in [0.717, 1.165) is 53.6 Å². The molecule has 1 unspecified atom stereocenters. The molecule has 2 aromatic carbocycles. The van der Waals surface area contributed by atoms with E-state index in [2.05, 4.69) is 29.3 Å². The van der Waals surface area contributed by atoms with Crippen molar-refractivity contribution in [1.29, 1.82) is 0 Å². The normalized spacial score (nSPS) is 14.7. The van der Waals surface area contributed by atoms with Crippen molar-refractivity contribution in [2.24, 2.45) is 0 Å². The smallest absolute Gasteiger partial charge is 0.162 e. The quantitative estimate of drug-likeness (QED) is 0.322. The number of ether oxygens (including phenoxy) is 2. The molecule has 0 bridgehead atoms. The van der Waals surface area contributed by atoms with E-state index in [1.165, 1.54) is 0 Å². The number of likely N-dealkylation sites (N-methyl/N-ethyl adjacent to an activating group) is 1. The second-order valence-corrected chi connectivity index (χ2v) is 11.1. The van der Waals surface area contributed by atoms with Gasteiger partial charge >= 0.3 is 0 Å². The average Bonchev–Trinajstić information content (AvgIpc) is 3.33. The van der Waals surface area contributed by atoms with E-state index in [9.17, 15) is 4.21 Å². The summed E-state index contributed by atoms with van der Waals surface area (Å²) in [6.45, 7) is 8.77. The molecule has 0 saturated heterocycles. The van der Waals surface area contributed by atoms with Crippen molar-refractivity contribution in [2.45, 2.75) is 25.2 Å². The van der Waals surface area contributed by atoms with Gasteiger partial charge in [-0.15, -0.1) is 0 Å². The molecule has 0 saturated carbocycles. The first-order valence-corrected chi connectivity index (χ1v) is 14.4. The van der Waals surface area contributed by atoms with E-state index in [4.69, 9.17) is 19.6 Å². The van der Waals surface area contributed by atoms with Crippen LogP contribution in [-0.4, -0.2) is 69.0 Å². The Morgan fingerprint density at radius 3 is 2.54 bits per heavy atom. The zero-order valence-electron chi connectivity index (χ0n) is 21.4. The number of hydrogen-bond donors (Lipinski definition) is 1. The molecule has 0 spiro atoms. The molecule has 0 amide bonds. The fourth-order valence-electron chi connectivity index (χ4n) is 4.45. The zero-order chi connectivity index (χ0) is 25.8. The summed E-state index contributed by atoms with van der Waals surface area (Å²) < 4.78 is 29.5. The van der Waals surface area contributed by atoms with Gasteiger partial charge in [-0.05, 0) is 67.0 Å². The third kappa shape index (κ3) is 5.64. The highest BCUT2D eigenvalue weighted by Crippen LogP contribution is 2.34. The van der Waals surface area contributed by atoms with Crippen LogP contribution in [0.1, 0.15) is 25.2 Å². The minimum atomic E-state index is -2.56. The molecule has 0 fully saturated rings. The van der Waals surface area contributed by atoms with E-state index in [1.807, 2.05) is 65.2 Å². The molecule has 9 heteroatoms. The Hall–Kier alpha value is -3.40. The predicted octanol–water partition coefficient (Wildman–Crippen LogP) is 3.68. The van der Waals surface area contributed by atoms with Crippen LogP contribution in [0, 0.1) is 0 Å². The highest BCUT2D eigenvalue weighted by molar-refractivity contribution is 7.98. The Balaban J connectivity index is 1.31. The van der Waals surface area contributed by atoms with Gasteiger partial charge in [0.05, 0.1) is 15.4 Å². The van der Waals surface area contributed by atoms with Crippen molar-refractivity contribution in [2.75, 3.05) is 39.4 Å². The summed E-state index contributed by atoms with van der Waals surface area (Å²) in [5, 5.41) is 4.79. The van der Waals surface area contributed by atoms with Gasteiger partial charge in [0, 0.05) is 30.0 Å². The molecule has 5 rings (SSSR count). The summed E-state index contributed by atoms with van der Waals surface area (Å²) in [5.74, 6) is 6.16. The minimum Gasteiger partial charge on any atom is -0.486 e. The van der Waals surface area contributed by atoms with Crippen LogP contribution in [0.25, 0.3) is 16.9 Å². The maximum absolute atomic E-state index is 13.1. The molecule has 2 aromatic heterocycles. The van der Waals surface area contributed by atoms with Gasteiger partial charge in [-0.1, -0.05) is 32.0 Å². The van der Waals surface area contributed by atoms with Crippen LogP contribution < -0.4 is 14.2 Å². The molecule has 3 heterocycles. The third-order valence-corrected chi connectivity index (χ3v) is 8.27. The molecule has 0 aliphatic carbocycles. The van der Waals surface area contributed by atoms with Crippen molar-refractivity contribution in [1.82, 2.24) is 24.2 Å². The third-order valence-electron chi connectivity index (χ3n) is 6.57. The average molecular weight is 520 g/mol. The molecule has 194 valence electrons. The van der Waals surface area contributed by atoms with Gasteiger partial charge in [-0.2, -0.15) is 5.10 Å². The minimum absolute atomic E-state index is 0.544. The monoisotopic (exact) mass is 519 g/mol. The second-order valence-electron chi connectivity index (χ2n) is 8.98. The van der Waals surface area contributed by atoms with Crippen molar-refractivity contribution in [3.8, 4) is 22.8 Å². The number of benzene rings is 2. The fourth-order valence-corrected chi connectivity index (χ4v) is 5.61. The molecule has 4 aromatic rings. The molecule has 1 atom stereocenters. The van der Waals surface area contributed by atoms with Crippen molar-refractivity contribution >= 4 is 21.2 Å². The molecule has 1 aliphatic rings. The molecule has 1 N–H and O–H groups in total. The van der Waals surface area contributed by atoms with Gasteiger partial charge in [0.2, 0.25) is 0 Å². The highest BCUT2D eigenvalue weighted by atomic mass is 32.2. The first-order valence-electron chi connectivity index (χ1n) is 12.6. The lowest BCUT2D eigenvalue weighted by atomic mass is 10.1. The first-order chi connectivity index (χ1) is 18.0. The van der Waals surface area contributed by atoms with Crippen LogP contribution in [0.15, 0.2) is 65.6 Å². The van der Waals surface area contributed by atoms with Crippen LogP contribution in [0.5, 0.6) is 11.5 Å². The van der Waals surface area contributed by atoms with Gasteiger partial charge in [-0.25, -0.2) is 18.4 Å². The number of nitrogens with one attached hydrogen (secondary N) is 1. The zero-order valence-corrected chi connectivity index (χ0v) is 22.2. The second kappa shape index (κ2) is 10.9. The van der Waals surface area contributed by atoms with Gasteiger partial charge in [0.1, 0.15) is 13.2 Å². The van der Waals surface area contributed by atoms with Crippen LogP contribution in [0.4, 0.5) is 0 Å². The molecular formula is C28H33N5O3S. The maximum atomic E-state index is 13.1. The Morgan fingerprint density at radius 1 is 1.03 bits per heavy atom. The van der Waals surface area contributed by atoms with Gasteiger partial charge < -0.3 is 14.4 Å². The lowest BCUT2D eigenvalue weighted by Gasteiger charge is -2.19. The van der Waals surface area contributed by atoms with Crippen LogP contribution in [0.2, 0.25) is 0 Å². The summed E-state index contributed by atoms with van der Waals surface area (Å²) >= 11 is 0. The summed E-state index contributed by atoms with van der Waals surface area (Å²) in [5.41, 5.74) is 3.72. The molecular weight excluding hydrogens is 486 g/mol. The maximum Gasteiger partial charge on any atom is 0.162 e. The Morgan fingerprint density at radius 2 is 1.78 bits per heavy atom. The van der Waals surface area contributed by atoms with Crippen molar-refractivity contribution in [3.63, 3.8) is 0 Å². The number of aromatic nitrogens is 3. The van der Waals surface area contributed by atoms with Crippen molar-refractivity contribution < 1.29 is 13.7 Å². The SMILES string of the molecule is C=S(=O)(NCCN(CC)CC)c1ccc(Cc2nc3cccc(-c4ccc5c(c4)OCCO5)n3n2)cc1. The van der Waals surface area contributed by atoms with E-state index in [0.29, 0.717) is 36.9 Å². The lowest BCUT2D eigenvalue weighted by molar-refractivity contribution is 0.171. The van der Waals surface area contributed by atoms with E-state index in [-0.39, 0.29) is 0 Å². The number of pyridine rings is 1. The number of rotatable bonds is 10. The Kier molecular flexibility index (Phi) is 7.45. The van der Waals surface area contributed by atoms with Crippen LogP contribution in [-0.2, 0) is 16.1 Å². The fraction of sp³-hybridized carbons (Fsp3) is 0.321. The summed E-state index contributed by atoms with van der Waals surface area (Å²) in [7, 11) is -2.56. The lowest BCUT2D eigenvalue weighted by Crippen LogP contribution is -2.34. The van der Waals surface area contributed by atoms with Gasteiger partial charge in [0.25, 0.3) is 0 Å². The Bertz CT molecular complexity index is 1480. The molecule has 0 radical (unpaired) electrons. The van der Waals surface area contributed by atoms with Gasteiger partial charge in [0.15, 0.2) is 23.0 Å². The number of nitrogens with zero attached hydrogens (tertiary/aromatic N) is 4. The van der Waals surface area contributed by atoms with Crippen LogP contribution >= 0.6 is 0 Å². The summed E-state index contributed by atoms with van der Waals surface area (Å²) in [4.78, 5) is 7.71. The topological polar surface area (TPSA) is 81.0 Å². The highest BCUT2D eigenvalue weighted by Gasteiger charge is 2.15. The summed E-state index contributed by atoms with van der Waals surface area (Å²) in [6, 6.07) is 19.6. The van der Waals surface area contributed by atoms with E-state index < -0.39 is 9.71 Å². The Labute approximate surface area is 218 Å². The predicted molar refractivity (Wildman–Crippen MR) is 148 cm³/mol. The standard InChI is InChI=1S/C28H33N5O3S/c1-4-32(5-2)16-15-29-37(3,34)23-12-9-21(10-13-23)19-27-30-28-8-6-7-24(33(28)31-27)22-11-14-25-26(20-22)36-18-17-35-25/h6-14,20H,3-5,15-19H2,1-2H3,(H,29,34). The summed E-state index contributed by atoms with van der Waals surface area (Å²) in [6.07, 6.45) is 0.566.